The van der Waals surface area contributed by atoms with Gasteiger partial charge in [-0.1, -0.05) is 30.9 Å². The van der Waals surface area contributed by atoms with Gasteiger partial charge in [-0.25, -0.2) is 9.97 Å². The SMILES string of the molecule is O=C(CC1CCCCC1)N1CCN(c2ncnc3cc(Cl)ccc23)CC1. The Morgan fingerprint density at radius 1 is 1.08 bits per heavy atom. The zero-order valence-electron chi connectivity index (χ0n) is 15.0. The van der Waals surface area contributed by atoms with Crippen LogP contribution in [0.1, 0.15) is 38.5 Å². The van der Waals surface area contributed by atoms with Gasteiger partial charge in [0.05, 0.1) is 5.52 Å². The fraction of sp³-hybridized carbons (Fsp3) is 0.550. The van der Waals surface area contributed by atoms with Crippen molar-refractivity contribution in [2.24, 2.45) is 5.92 Å². The molecule has 1 aliphatic heterocycles. The van der Waals surface area contributed by atoms with Gasteiger partial charge in [-0.3, -0.25) is 4.79 Å². The van der Waals surface area contributed by atoms with Gasteiger partial charge in [0.15, 0.2) is 0 Å². The lowest BCUT2D eigenvalue weighted by Crippen LogP contribution is -2.49. The molecular formula is C20H25ClN4O. The molecule has 0 spiro atoms. The maximum Gasteiger partial charge on any atom is 0.222 e. The largest absolute Gasteiger partial charge is 0.352 e. The Hall–Kier alpha value is -1.88. The molecule has 1 aromatic heterocycles. The van der Waals surface area contributed by atoms with Crippen LogP contribution >= 0.6 is 11.6 Å². The first kappa shape index (κ1) is 17.5. The van der Waals surface area contributed by atoms with Crippen molar-refractivity contribution in [3.05, 3.63) is 29.5 Å². The van der Waals surface area contributed by atoms with E-state index in [1.807, 2.05) is 23.1 Å². The third kappa shape index (κ3) is 3.78. The number of carbonyl (C=O) groups excluding carboxylic acids is 1. The predicted molar refractivity (Wildman–Crippen MR) is 105 cm³/mol. The highest BCUT2D eigenvalue weighted by Gasteiger charge is 2.25. The van der Waals surface area contributed by atoms with Crippen molar-refractivity contribution in [3.63, 3.8) is 0 Å². The van der Waals surface area contributed by atoms with Gasteiger partial charge in [-0.2, -0.15) is 0 Å². The van der Waals surface area contributed by atoms with Crippen LogP contribution in [0.2, 0.25) is 5.02 Å². The van der Waals surface area contributed by atoms with E-state index in [-0.39, 0.29) is 0 Å². The molecule has 4 rings (SSSR count). The van der Waals surface area contributed by atoms with E-state index in [1.54, 1.807) is 6.33 Å². The third-order valence-electron chi connectivity index (χ3n) is 5.70. The number of aromatic nitrogens is 2. The molecule has 1 saturated heterocycles. The van der Waals surface area contributed by atoms with Crippen molar-refractivity contribution in [2.75, 3.05) is 31.1 Å². The summed E-state index contributed by atoms with van der Waals surface area (Å²) in [7, 11) is 0. The van der Waals surface area contributed by atoms with Crippen LogP contribution in [0.25, 0.3) is 10.9 Å². The minimum atomic E-state index is 0.330. The number of rotatable bonds is 3. The van der Waals surface area contributed by atoms with Gasteiger partial charge < -0.3 is 9.80 Å². The van der Waals surface area contributed by atoms with Crippen LogP contribution in [0.4, 0.5) is 5.82 Å². The number of nitrogens with zero attached hydrogens (tertiary/aromatic N) is 4. The Morgan fingerprint density at radius 2 is 1.85 bits per heavy atom. The third-order valence-corrected chi connectivity index (χ3v) is 5.93. The number of hydrogen-bond donors (Lipinski definition) is 0. The number of amides is 1. The Balaban J connectivity index is 1.40. The van der Waals surface area contributed by atoms with E-state index < -0.39 is 0 Å². The van der Waals surface area contributed by atoms with Crippen LogP contribution < -0.4 is 4.90 Å². The van der Waals surface area contributed by atoms with Crippen LogP contribution in [-0.2, 0) is 4.79 Å². The monoisotopic (exact) mass is 372 g/mol. The molecule has 138 valence electrons. The van der Waals surface area contributed by atoms with Gasteiger partial charge >= 0.3 is 0 Å². The Labute approximate surface area is 159 Å². The van der Waals surface area contributed by atoms with E-state index >= 15 is 0 Å². The molecule has 6 heteroatoms. The van der Waals surface area contributed by atoms with Crippen molar-refractivity contribution < 1.29 is 4.79 Å². The number of piperazine rings is 1. The van der Waals surface area contributed by atoms with Crippen LogP contribution in [0.5, 0.6) is 0 Å². The van der Waals surface area contributed by atoms with E-state index in [0.29, 0.717) is 16.8 Å². The molecule has 0 unspecified atom stereocenters. The number of fused-ring (bicyclic) bond motifs is 1. The molecule has 26 heavy (non-hydrogen) atoms. The standard InChI is InChI=1S/C20H25ClN4O/c21-16-6-7-17-18(13-16)22-14-23-20(17)25-10-8-24(9-11-25)19(26)12-15-4-2-1-3-5-15/h6-7,13-15H,1-5,8-12H2. The minimum Gasteiger partial charge on any atom is -0.352 e. The molecule has 1 saturated carbocycles. The zero-order valence-corrected chi connectivity index (χ0v) is 15.8. The molecule has 0 radical (unpaired) electrons. The van der Waals surface area contributed by atoms with Crippen molar-refractivity contribution in [2.45, 2.75) is 38.5 Å². The molecule has 2 aromatic rings. The van der Waals surface area contributed by atoms with Gasteiger partial charge in [0.2, 0.25) is 5.91 Å². The number of halogens is 1. The number of carbonyl (C=O) groups is 1. The fourth-order valence-electron chi connectivity index (χ4n) is 4.20. The Morgan fingerprint density at radius 3 is 2.62 bits per heavy atom. The van der Waals surface area contributed by atoms with Gasteiger partial charge in [0.1, 0.15) is 12.1 Å². The summed E-state index contributed by atoms with van der Waals surface area (Å²) in [6.45, 7) is 3.16. The lowest BCUT2D eigenvalue weighted by atomic mass is 9.86. The summed E-state index contributed by atoms with van der Waals surface area (Å²) in [5.41, 5.74) is 0.860. The van der Waals surface area contributed by atoms with Crippen LogP contribution in [0.3, 0.4) is 0 Å². The van der Waals surface area contributed by atoms with E-state index in [2.05, 4.69) is 14.9 Å². The molecule has 0 bridgehead atoms. The summed E-state index contributed by atoms with van der Waals surface area (Å²) in [4.78, 5) is 25.7. The average Bonchev–Trinajstić information content (AvgIpc) is 2.68. The number of anilines is 1. The molecule has 0 atom stereocenters. The van der Waals surface area contributed by atoms with Gasteiger partial charge in [-0.05, 0) is 37.0 Å². The van der Waals surface area contributed by atoms with Crippen molar-refractivity contribution in [1.29, 1.82) is 0 Å². The summed E-state index contributed by atoms with van der Waals surface area (Å²) >= 11 is 6.07. The Bertz CT molecular complexity index is 782. The van der Waals surface area contributed by atoms with Gasteiger partial charge in [0.25, 0.3) is 0 Å². The van der Waals surface area contributed by atoms with E-state index in [4.69, 9.17) is 11.6 Å². The second kappa shape index (κ2) is 7.78. The molecule has 5 nitrogen and oxygen atoms in total. The second-order valence-corrected chi connectivity index (χ2v) is 7.87. The molecule has 2 fully saturated rings. The van der Waals surface area contributed by atoms with E-state index in [1.165, 1.54) is 32.1 Å². The first-order valence-electron chi connectivity index (χ1n) is 9.64. The summed E-state index contributed by atoms with van der Waals surface area (Å²) < 4.78 is 0. The fourth-order valence-corrected chi connectivity index (χ4v) is 4.37. The maximum absolute atomic E-state index is 12.6. The molecular weight excluding hydrogens is 348 g/mol. The van der Waals surface area contributed by atoms with Crippen molar-refractivity contribution >= 4 is 34.2 Å². The summed E-state index contributed by atoms with van der Waals surface area (Å²) in [5.74, 6) is 1.87. The molecule has 0 N–H and O–H groups in total. The van der Waals surface area contributed by atoms with Gasteiger partial charge in [-0.15, -0.1) is 0 Å². The van der Waals surface area contributed by atoms with Crippen molar-refractivity contribution in [3.8, 4) is 0 Å². The summed E-state index contributed by atoms with van der Waals surface area (Å²) in [6.07, 6.45) is 8.68. The quantitative estimate of drug-likeness (QED) is 0.819. The summed E-state index contributed by atoms with van der Waals surface area (Å²) in [6, 6.07) is 5.72. The van der Waals surface area contributed by atoms with Crippen LogP contribution in [0, 0.1) is 5.92 Å². The first-order chi connectivity index (χ1) is 12.7. The normalized spacial score (nSPS) is 19.1. The topological polar surface area (TPSA) is 49.3 Å². The lowest BCUT2D eigenvalue weighted by molar-refractivity contribution is -0.132. The lowest BCUT2D eigenvalue weighted by Gasteiger charge is -2.36. The molecule has 1 amide bonds. The highest BCUT2D eigenvalue weighted by Crippen LogP contribution is 2.28. The molecule has 2 heterocycles. The highest BCUT2D eigenvalue weighted by atomic mass is 35.5. The highest BCUT2D eigenvalue weighted by molar-refractivity contribution is 6.31. The minimum absolute atomic E-state index is 0.330. The second-order valence-electron chi connectivity index (χ2n) is 7.43. The Kier molecular flexibility index (Phi) is 5.25. The molecule has 1 aliphatic carbocycles. The maximum atomic E-state index is 12.6. The van der Waals surface area contributed by atoms with Gasteiger partial charge in [0, 0.05) is 43.0 Å². The van der Waals surface area contributed by atoms with Crippen molar-refractivity contribution in [1.82, 2.24) is 14.9 Å². The number of benzene rings is 1. The molecule has 1 aromatic carbocycles. The average molecular weight is 373 g/mol. The predicted octanol–water partition coefficient (Wildman–Crippen LogP) is 3.90. The molecule has 2 aliphatic rings. The van der Waals surface area contributed by atoms with Crippen LogP contribution in [-0.4, -0.2) is 47.0 Å². The summed E-state index contributed by atoms with van der Waals surface area (Å²) in [5, 5.41) is 1.69. The smallest absolute Gasteiger partial charge is 0.222 e. The number of hydrogen-bond acceptors (Lipinski definition) is 4. The van der Waals surface area contributed by atoms with E-state index in [9.17, 15) is 4.79 Å². The zero-order chi connectivity index (χ0) is 17.9. The van der Waals surface area contributed by atoms with Crippen LogP contribution in [0.15, 0.2) is 24.5 Å². The van der Waals surface area contributed by atoms with E-state index in [0.717, 1.165) is 49.3 Å². The first-order valence-corrected chi connectivity index (χ1v) is 10.0.